The molecule has 0 radical (unpaired) electrons. The molecule has 1 amide bonds. The molecule has 2 aliphatic heterocycles. The third kappa shape index (κ3) is 3.04. The lowest BCUT2D eigenvalue weighted by Crippen LogP contribution is -2.47. The lowest BCUT2D eigenvalue weighted by atomic mass is 10.0. The van der Waals surface area contributed by atoms with Crippen LogP contribution in [0.25, 0.3) is 16.7 Å². The Bertz CT molecular complexity index is 1160. The highest BCUT2D eigenvalue weighted by Crippen LogP contribution is 2.40. The Morgan fingerprint density at radius 3 is 2.73 bits per heavy atom. The molecule has 5 rings (SSSR count). The minimum atomic E-state index is -0.148. The Balaban J connectivity index is 1.63. The summed E-state index contributed by atoms with van der Waals surface area (Å²) in [7, 11) is 1.64. The molecule has 0 aliphatic carbocycles. The Labute approximate surface area is 179 Å². The average Bonchev–Trinajstić information content (AvgIpc) is 3.26. The molecule has 0 aromatic carbocycles. The molecular formula is C22H26N4O3S. The van der Waals surface area contributed by atoms with Gasteiger partial charge in [-0.05, 0) is 50.1 Å². The number of methoxy groups -OCH3 is 1. The maximum atomic E-state index is 13.7. The number of ether oxygens (including phenoxy) is 1. The van der Waals surface area contributed by atoms with Gasteiger partial charge >= 0.3 is 0 Å². The molecule has 5 heterocycles. The van der Waals surface area contributed by atoms with Crippen LogP contribution in [0.5, 0.6) is 0 Å². The molecule has 30 heavy (non-hydrogen) atoms. The third-order valence-electron chi connectivity index (χ3n) is 6.57. The van der Waals surface area contributed by atoms with Gasteiger partial charge < -0.3 is 14.2 Å². The second-order valence-electron chi connectivity index (χ2n) is 8.18. The van der Waals surface area contributed by atoms with Crippen molar-refractivity contribution in [2.45, 2.75) is 49.6 Å². The highest BCUT2D eigenvalue weighted by molar-refractivity contribution is 7.99. The van der Waals surface area contributed by atoms with E-state index in [2.05, 4.69) is 11.2 Å². The van der Waals surface area contributed by atoms with Gasteiger partial charge in [-0.2, -0.15) is 11.8 Å². The number of piperidine rings is 1. The van der Waals surface area contributed by atoms with E-state index < -0.39 is 0 Å². The second kappa shape index (κ2) is 7.74. The summed E-state index contributed by atoms with van der Waals surface area (Å²) in [5.41, 5.74) is 1.52. The number of pyridine rings is 1. The van der Waals surface area contributed by atoms with Crippen LogP contribution in [0.4, 0.5) is 0 Å². The van der Waals surface area contributed by atoms with Crippen LogP contribution in [0.1, 0.15) is 36.2 Å². The molecule has 2 atom stereocenters. The Hall–Kier alpha value is -2.32. The number of carbonyl (C=O) groups excluding carboxylic acids is 1. The molecule has 3 aromatic rings. The van der Waals surface area contributed by atoms with Gasteiger partial charge in [0.25, 0.3) is 11.5 Å². The largest absolute Gasteiger partial charge is 0.383 e. The van der Waals surface area contributed by atoms with Gasteiger partial charge in [-0.3, -0.25) is 14.0 Å². The number of fused-ring (bicyclic) bond motifs is 4. The standard InChI is InChI=1S/C22H26N4O3S/c1-29-10-9-24-18(22(28)26-14-6-7-15(26)12-16(11-14)30-2)13-17-20(24)23-19-5-3-4-8-25(19)21(17)27/h3-5,8,13-16H,6-7,9-12H2,1-2H3. The van der Waals surface area contributed by atoms with Crippen LogP contribution in [0.15, 0.2) is 35.3 Å². The molecule has 2 saturated heterocycles. The van der Waals surface area contributed by atoms with Gasteiger partial charge in [0.15, 0.2) is 0 Å². The number of hydrogen-bond donors (Lipinski definition) is 0. The maximum absolute atomic E-state index is 13.7. The smallest absolute Gasteiger partial charge is 0.271 e. The molecule has 0 N–H and O–H groups in total. The number of nitrogens with zero attached hydrogens (tertiary/aromatic N) is 4. The van der Waals surface area contributed by atoms with E-state index in [4.69, 9.17) is 9.72 Å². The van der Waals surface area contributed by atoms with Gasteiger partial charge in [-0.15, -0.1) is 0 Å². The summed E-state index contributed by atoms with van der Waals surface area (Å²) >= 11 is 1.91. The van der Waals surface area contributed by atoms with Crippen molar-refractivity contribution in [2.75, 3.05) is 20.0 Å². The van der Waals surface area contributed by atoms with Gasteiger partial charge in [0.2, 0.25) is 0 Å². The molecule has 2 aliphatic rings. The fourth-order valence-corrected chi connectivity index (χ4v) is 5.95. The normalized spacial score (nSPS) is 23.5. The maximum Gasteiger partial charge on any atom is 0.271 e. The van der Waals surface area contributed by atoms with E-state index in [1.165, 1.54) is 4.40 Å². The van der Waals surface area contributed by atoms with Crippen molar-refractivity contribution < 1.29 is 9.53 Å². The van der Waals surface area contributed by atoms with Crippen molar-refractivity contribution in [3.05, 3.63) is 46.5 Å². The van der Waals surface area contributed by atoms with E-state index in [-0.39, 0.29) is 23.6 Å². The van der Waals surface area contributed by atoms with Gasteiger partial charge in [0, 0.05) is 37.2 Å². The Morgan fingerprint density at radius 2 is 2.03 bits per heavy atom. The quantitative estimate of drug-likeness (QED) is 0.628. The first kappa shape index (κ1) is 19.6. The van der Waals surface area contributed by atoms with Crippen molar-refractivity contribution in [2.24, 2.45) is 0 Å². The summed E-state index contributed by atoms with van der Waals surface area (Å²) in [5, 5.41) is 1.10. The number of thioether (sulfide) groups is 1. The molecule has 7 nitrogen and oxygen atoms in total. The SMILES string of the molecule is COCCn1c(C(=O)N2C3CCC2CC(SC)C3)cc2c(=O)n3ccccc3nc21. The van der Waals surface area contributed by atoms with Crippen molar-refractivity contribution in [1.29, 1.82) is 0 Å². The summed E-state index contributed by atoms with van der Waals surface area (Å²) in [6, 6.07) is 7.79. The van der Waals surface area contributed by atoms with Gasteiger partial charge in [0.05, 0.1) is 12.0 Å². The van der Waals surface area contributed by atoms with Crippen LogP contribution < -0.4 is 5.56 Å². The molecule has 0 spiro atoms. The highest BCUT2D eigenvalue weighted by Gasteiger charge is 2.44. The number of rotatable bonds is 5. The van der Waals surface area contributed by atoms with Crippen LogP contribution in [0, 0.1) is 0 Å². The topological polar surface area (TPSA) is 68.8 Å². The molecule has 158 valence electrons. The van der Waals surface area contributed by atoms with E-state index >= 15 is 0 Å². The first-order valence-electron chi connectivity index (χ1n) is 10.5. The summed E-state index contributed by atoms with van der Waals surface area (Å²) in [5.74, 6) is 0.0182. The lowest BCUT2D eigenvalue weighted by molar-refractivity contribution is 0.0589. The van der Waals surface area contributed by atoms with E-state index in [9.17, 15) is 9.59 Å². The van der Waals surface area contributed by atoms with Crippen molar-refractivity contribution in [1.82, 2.24) is 18.9 Å². The van der Waals surface area contributed by atoms with Gasteiger partial charge in [-0.1, -0.05) is 6.07 Å². The number of amides is 1. The van der Waals surface area contributed by atoms with Gasteiger partial charge in [-0.25, -0.2) is 4.98 Å². The molecule has 2 fully saturated rings. The highest BCUT2D eigenvalue weighted by atomic mass is 32.2. The summed E-state index contributed by atoms with van der Waals surface area (Å²) in [6.45, 7) is 0.925. The lowest BCUT2D eigenvalue weighted by Gasteiger charge is -2.38. The Morgan fingerprint density at radius 1 is 1.27 bits per heavy atom. The molecule has 2 unspecified atom stereocenters. The molecule has 3 aromatic heterocycles. The number of carbonyl (C=O) groups is 1. The second-order valence-corrected chi connectivity index (χ2v) is 9.32. The van der Waals surface area contributed by atoms with Crippen LogP contribution in [0.2, 0.25) is 0 Å². The van der Waals surface area contributed by atoms with Gasteiger partial charge in [0.1, 0.15) is 17.0 Å². The minimum absolute atomic E-state index is 0.0182. The van der Waals surface area contributed by atoms with Crippen LogP contribution >= 0.6 is 11.8 Å². The summed E-state index contributed by atoms with van der Waals surface area (Å²) in [4.78, 5) is 33.6. The van der Waals surface area contributed by atoms with E-state index in [0.717, 1.165) is 25.7 Å². The first-order chi connectivity index (χ1) is 14.6. The van der Waals surface area contributed by atoms with Crippen LogP contribution in [-0.4, -0.2) is 62.1 Å². The number of aromatic nitrogens is 3. The third-order valence-corrected chi connectivity index (χ3v) is 7.62. The summed E-state index contributed by atoms with van der Waals surface area (Å²) in [6.07, 6.45) is 8.10. The fraction of sp³-hybridized carbons (Fsp3) is 0.500. The molecule has 8 heteroatoms. The van der Waals surface area contributed by atoms with E-state index in [0.29, 0.717) is 40.8 Å². The zero-order chi connectivity index (χ0) is 20.8. The molecule has 0 saturated carbocycles. The predicted octanol–water partition coefficient (Wildman–Crippen LogP) is 2.79. The van der Waals surface area contributed by atoms with Crippen LogP contribution in [0.3, 0.4) is 0 Å². The van der Waals surface area contributed by atoms with E-state index in [1.807, 2.05) is 34.5 Å². The number of hydrogen-bond acceptors (Lipinski definition) is 5. The fourth-order valence-electron chi connectivity index (χ4n) is 5.12. The average molecular weight is 427 g/mol. The monoisotopic (exact) mass is 426 g/mol. The summed E-state index contributed by atoms with van der Waals surface area (Å²) < 4.78 is 8.69. The molecular weight excluding hydrogens is 400 g/mol. The van der Waals surface area contributed by atoms with Crippen molar-refractivity contribution in [3.63, 3.8) is 0 Å². The first-order valence-corrected chi connectivity index (χ1v) is 11.8. The zero-order valence-corrected chi connectivity index (χ0v) is 18.1. The van der Waals surface area contributed by atoms with Crippen molar-refractivity contribution >= 4 is 34.3 Å². The zero-order valence-electron chi connectivity index (χ0n) is 17.3. The molecule has 2 bridgehead atoms. The predicted molar refractivity (Wildman–Crippen MR) is 118 cm³/mol. The van der Waals surface area contributed by atoms with Crippen molar-refractivity contribution in [3.8, 4) is 0 Å². The van der Waals surface area contributed by atoms with E-state index in [1.54, 1.807) is 19.4 Å². The minimum Gasteiger partial charge on any atom is -0.383 e. The van der Waals surface area contributed by atoms with Crippen LogP contribution in [-0.2, 0) is 11.3 Å². The Kier molecular flexibility index (Phi) is 5.06.